The largest absolute Gasteiger partial charge is 0.471 e. The quantitative estimate of drug-likeness (QED) is 0.874. The van der Waals surface area contributed by atoms with Gasteiger partial charge in [-0.3, -0.25) is 9.63 Å². The van der Waals surface area contributed by atoms with Gasteiger partial charge in [-0.2, -0.15) is 18.2 Å². The lowest BCUT2D eigenvalue weighted by Crippen LogP contribution is -2.23. The van der Waals surface area contributed by atoms with Crippen molar-refractivity contribution in [3.05, 3.63) is 35.7 Å². The normalized spacial score (nSPS) is 11.4. The first-order valence-corrected chi connectivity index (χ1v) is 5.72. The van der Waals surface area contributed by atoms with Gasteiger partial charge in [-0.15, -0.1) is 0 Å². The summed E-state index contributed by atoms with van der Waals surface area (Å²) in [7, 11) is 1.31. The van der Waals surface area contributed by atoms with Gasteiger partial charge in [0, 0.05) is 5.56 Å². The number of hydrogen-bond donors (Lipinski definition) is 1. The van der Waals surface area contributed by atoms with E-state index in [-0.39, 0.29) is 18.2 Å². The van der Waals surface area contributed by atoms with Gasteiger partial charge < -0.3 is 4.52 Å². The Morgan fingerprint density at radius 2 is 2.00 bits per heavy atom. The standard InChI is InChI=1S/C12H10F3N3O3/c1-20-17-9(19)6-7-2-4-8(5-3-7)10-16-11(21-18-10)12(13,14)15/h2-5H,6H2,1H3,(H,17,19). The third-order valence-electron chi connectivity index (χ3n) is 2.46. The van der Waals surface area contributed by atoms with Gasteiger partial charge in [0.25, 0.3) is 0 Å². The minimum absolute atomic E-state index is 0.0775. The molecule has 1 N–H and O–H groups in total. The number of amides is 1. The second-order valence-corrected chi connectivity index (χ2v) is 4.02. The minimum Gasteiger partial charge on any atom is -0.329 e. The zero-order chi connectivity index (χ0) is 15.5. The molecule has 2 rings (SSSR count). The molecule has 0 aliphatic rings. The van der Waals surface area contributed by atoms with Crippen LogP contribution < -0.4 is 5.48 Å². The van der Waals surface area contributed by atoms with Crippen molar-refractivity contribution in [2.75, 3.05) is 7.11 Å². The minimum atomic E-state index is -4.68. The van der Waals surface area contributed by atoms with Gasteiger partial charge in [0.1, 0.15) is 0 Å². The van der Waals surface area contributed by atoms with E-state index in [1.54, 1.807) is 12.1 Å². The highest BCUT2D eigenvalue weighted by atomic mass is 19.4. The summed E-state index contributed by atoms with van der Waals surface area (Å²) >= 11 is 0. The zero-order valence-corrected chi connectivity index (χ0v) is 10.8. The molecule has 0 saturated heterocycles. The number of nitrogens with zero attached hydrogens (tertiary/aromatic N) is 2. The van der Waals surface area contributed by atoms with Crippen LogP contribution in [0.1, 0.15) is 11.5 Å². The first-order chi connectivity index (χ1) is 9.90. The summed E-state index contributed by atoms with van der Waals surface area (Å²) in [6.45, 7) is 0. The van der Waals surface area contributed by atoms with Crippen LogP contribution in [0.25, 0.3) is 11.4 Å². The molecule has 0 saturated carbocycles. The number of rotatable bonds is 4. The predicted octanol–water partition coefficient (Wildman–Crippen LogP) is 1.98. The van der Waals surface area contributed by atoms with Crippen LogP contribution in [0.5, 0.6) is 0 Å². The monoisotopic (exact) mass is 301 g/mol. The molecule has 0 radical (unpaired) electrons. The highest BCUT2D eigenvalue weighted by molar-refractivity contribution is 5.77. The van der Waals surface area contributed by atoms with Crippen LogP contribution in [0.3, 0.4) is 0 Å². The van der Waals surface area contributed by atoms with Gasteiger partial charge in [0.15, 0.2) is 0 Å². The highest BCUT2D eigenvalue weighted by Gasteiger charge is 2.38. The molecule has 0 unspecified atom stereocenters. The number of halogens is 3. The Morgan fingerprint density at radius 3 is 2.52 bits per heavy atom. The van der Waals surface area contributed by atoms with Crippen LogP contribution >= 0.6 is 0 Å². The maximum Gasteiger partial charge on any atom is 0.471 e. The fraction of sp³-hybridized carbons (Fsp3) is 0.250. The van der Waals surface area contributed by atoms with Crippen LogP contribution in [0.15, 0.2) is 28.8 Å². The molecule has 1 aromatic heterocycles. The van der Waals surface area contributed by atoms with E-state index in [0.29, 0.717) is 11.1 Å². The second kappa shape index (κ2) is 5.92. The smallest absolute Gasteiger partial charge is 0.329 e. The Balaban J connectivity index is 2.12. The number of carbonyl (C=O) groups is 1. The lowest BCUT2D eigenvalue weighted by Gasteiger charge is -2.02. The number of nitrogens with one attached hydrogen (secondary N) is 1. The molecule has 21 heavy (non-hydrogen) atoms. The summed E-state index contributed by atoms with van der Waals surface area (Å²) < 4.78 is 41.2. The fourth-order valence-corrected chi connectivity index (χ4v) is 1.56. The van der Waals surface area contributed by atoms with Crippen molar-refractivity contribution >= 4 is 5.91 Å². The average molecular weight is 301 g/mol. The molecule has 2 aromatic rings. The Kier molecular flexibility index (Phi) is 4.22. The van der Waals surface area contributed by atoms with Crippen molar-refractivity contribution in [1.29, 1.82) is 0 Å². The van der Waals surface area contributed by atoms with Gasteiger partial charge in [0.05, 0.1) is 13.5 Å². The molecule has 0 bridgehead atoms. The Morgan fingerprint density at radius 1 is 1.33 bits per heavy atom. The molecular weight excluding hydrogens is 291 g/mol. The van der Waals surface area contributed by atoms with Crippen LogP contribution in [0, 0.1) is 0 Å². The molecule has 0 aliphatic heterocycles. The molecule has 112 valence electrons. The molecule has 9 heteroatoms. The van der Waals surface area contributed by atoms with E-state index in [2.05, 4.69) is 25.0 Å². The highest BCUT2D eigenvalue weighted by Crippen LogP contribution is 2.29. The number of alkyl halides is 3. The van der Waals surface area contributed by atoms with Crippen LogP contribution in [0.2, 0.25) is 0 Å². The van der Waals surface area contributed by atoms with Crippen molar-refractivity contribution < 1.29 is 27.3 Å². The first kappa shape index (κ1) is 15.0. The first-order valence-electron chi connectivity index (χ1n) is 5.72. The van der Waals surface area contributed by atoms with Gasteiger partial charge in [-0.05, 0) is 5.56 Å². The van der Waals surface area contributed by atoms with E-state index >= 15 is 0 Å². The lowest BCUT2D eigenvalue weighted by atomic mass is 10.1. The second-order valence-electron chi connectivity index (χ2n) is 4.02. The SMILES string of the molecule is CONC(=O)Cc1ccc(-c2noc(C(F)(F)F)n2)cc1. The molecule has 0 spiro atoms. The Hall–Kier alpha value is -2.42. The number of benzene rings is 1. The number of carbonyl (C=O) groups excluding carboxylic acids is 1. The van der Waals surface area contributed by atoms with Gasteiger partial charge in [0.2, 0.25) is 11.7 Å². The Labute approximate surface area is 116 Å². The van der Waals surface area contributed by atoms with Crippen molar-refractivity contribution in [3.8, 4) is 11.4 Å². The lowest BCUT2D eigenvalue weighted by molar-refractivity contribution is -0.159. The zero-order valence-electron chi connectivity index (χ0n) is 10.8. The molecule has 0 aliphatic carbocycles. The third-order valence-corrected chi connectivity index (χ3v) is 2.46. The summed E-state index contributed by atoms with van der Waals surface area (Å²) in [5, 5.41) is 3.27. The average Bonchev–Trinajstić information content (AvgIpc) is 2.89. The number of aromatic nitrogens is 2. The Bertz CT molecular complexity index is 623. The van der Waals surface area contributed by atoms with E-state index in [4.69, 9.17) is 0 Å². The molecule has 6 nitrogen and oxygen atoms in total. The van der Waals surface area contributed by atoms with Crippen molar-refractivity contribution in [3.63, 3.8) is 0 Å². The summed E-state index contributed by atoms with van der Waals surface area (Å²) in [6, 6.07) is 6.16. The third kappa shape index (κ3) is 3.78. The molecule has 1 heterocycles. The van der Waals surface area contributed by atoms with Crippen molar-refractivity contribution in [1.82, 2.24) is 15.6 Å². The molecular formula is C12H10F3N3O3. The predicted molar refractivity (Wildman–Crippen MR) is 63.6 cm³/mol. The van der Waals surface area contributed by atoms with Crippen LogP contribution in [-0.2, 0) is 22.2 Å². The molecule has 0 fully saturated rings. The van der Waals surface area contributed by atoms with E-state index in [1.165, 1.54) is 19.2 Å². The molecule has 1 aromatic carbocycles. The molecule has 1 amide bonds. The summed E-state index contributed by atoms with van der Waals surface area (Å²) in [4.78, 5) is 19.0. The van der Waals surface area contributed by atoms with E-state index < -0.39 is 12.1 Å². The van der Waals surface area contributed by atoms with Crippen molar-refractivity contribution in [2.24, 2.45) is 0 Å². The van der Waals surface area contributed by atoms with E-state index in [9.17, 15) is 18.0 Å². The maximum atomic E-state index is 12.3. The summed E-state index contributed by atoms with van der Waals surface area (Å²) in [5.41, 5.74) is 3.17. The van der Waals surface area contributed by atoms with Gasteiger partial charge in [-0.1, -0.05) is 29.4 Å². The summed E-state index contributed by atoms with van der Waals surface area (Å²) in [6.07, 6.45) is -4.60. The number of hydrogen-bond acceptors (Lipinski definition) is 5. The maximum absolute atomic E-state index is 12.3. The molecule has 0 atom stereocenters. The number of hydroxylamine groups is 1. The fourth-order valence-electron chi connectivity index (χ4n) is 1.56. The van der Waals surface area contributed by atoms with Crippen LogP contribution in [0.4, 0.5) is 13.2 Å². The topological polar surface area (TPSA) is 77.2 Å². The van der Waals surface area contributed by atoms with Gasteiger partial charge in [-0.25, -0.2) is 5.48 Å². The van der Waals surface area contributed by atoms with E-state index in [1.807, 2.05) is 0 Å². The van der Waals surface area contributed by atoms with Crippen LogP contribution in [-0.4, -0.2) is 23.2 Å². The van der Waals surface area contributed by atoms with Crippen molar-refractivity contribution in [2.45, 2.75) is 12.6 Å². The van der Waals surface area contributed by atoms with E-state index in [0.717, 1.165) is 0 Å². The van der Waals surface area contributed by atoms with Gasteiger partial charge >= 0.3 is 12.1 Å². The summed E-state index contributed by atoms with van der Waals surface area (Å²) in [5.74, 6) is -1.92.